The van der Waals surface area contributed by atoms with Crippen molar-refractivity contribution in [2.45, 2.75) is 52.5 Å². The summed E-state index contributed by atoms with van der Waals surface area (Å²) in [5.74, 6) is 0.571. The van der Waals surface area contributed by atoms with Gasteiger partial charge in [0.25, 0.3) is 0 Å². The number of hydrogen-bond donors (Lipinski definition) is 1. The van der Waals surface area contributed by atoms with E-state index in [-0.39, 0.29) is 5.91 Å². The zero-order valence-electron chi connectivity index (χ0n) is 10.6. The van der Waals surface area contributed by atoms with Crippen molar-refractivity contribution in [3.63, 3.8) is 0 Å². The van der Waals surface area contributed by atoms with E-state index < -0.39 is 0 Å². The number of carbonyl (C=O) groups is 1. The highest BCUT2D eigenvalue weighted by atomic mass is 16.2. The SMILES string of the molecule is CCCC(C)N(C)C(=O)CC(CC)CN. The number of rotatable bonds is 7. The average Bonchev–Trinajstić information content (AvgIpc) is 2.24. The second-order valence-electron chi connectivity index (χ2n) is 4.36. The molecule has 0 aromatic heterocycles. The summed E-state index contributed by atoms with van der Waals surface area (Å²) in [4.78, 5) is 13.7. The lowest BCUT2D eigenvalue weighted by Crippen LogP contribution is -2.36. The molecule has 0 saturated heterocycles. The fourth-order valence-electron chi connectivity index (χ4n) is 1.64. The number of nitrogens with two attached hydrogens (primary N) is 1. The van der Waals surface area contributed by atoms with E-state index in [1.807, 2.05) is 11.9 Å². The monoisotopic (exact) mass is 214 g/mol. The molecule has 90 valence electrons. The first kappa shape index (κ1) is 14.4. The van der Waals surface area contributed by atoms with Gasteiger partial charge in [-0.15, -0.1) is 0 Å². The highest BCUT2D eigenvalue weighted by Crippen LogP contribution is 2.11. The van der Waals surface area contributed by atoms with Crippen LogP contribution in [0.2, 0.25) is 0 Å². The van der Waals surface area contributed by atoms with Crippen molar-refractivity contribution in [2.24, 2.45) is 11.7 Å². The van der Waals surface area contributed by atoms with Gasteiger partial charge in [0.15, 0.2) is 0 Å². The predicted octanol–water partition coefficient (Wildman–Crippen LogP) is 2.01. The molecular formula is C12H26N2O. The van der Waals surface area contributed by atoms with Crippen LogP contribution in [-0.2, 0) is 4.79 Å². The van der Waals surface area contributed by atoms with E-state index in [9.17, 15) is 4.79 Å². The van der Waals surface area contributed by atoms with Gasteiger partial charge in [0, 0.05) is 19.5 Å². The third-order valence-electron chi connectivity index (χ3n) is 3.13. The Morgan fingerprint density at radius 1 is 1.40 bits per heavy atom. The minimum Gasteiger partial charge on any atom is -0.343 e. The molecule has 0 saturated carbocycles. The molecule has 15 heavy (non-hydrogen) atoms. The van der Waals surface area contributed by atoms with E-state index in [1.165, 1.54) is 0 Å². The molecule has 0 aliphatic carbocycles. The van der Waals surface area contributed by atoms with Gasteiger partial charge in [0.2, 0.25) is 5.91 Å². The molecule has 0 spiro atoms. The van der Waals surface area contributed by atoms with Crippen LogP contribution in [0.15, 0.2) is 0 Å². The Morgan fingerprint density at radius 2 is 2.00 bits per heavy atom. The molecule has 0 aromatic rings. The van der Waals surface area contributed by atoms with Gasteiger partial charge >= 0.3 is 0 Å². The lowest BCUT2D eigenvalue weighted by molar-refractivity contribution is -0.132. The molecule has 0 aliphatic heterocycles. The highest BCUT2D eigenvalue weighted by Gasteiger charge is 2.17. The van der Waals surface area contributed by atoms with Crippen LogP contribution in [0.3, 0.4) is 0 Å². The summed E-state index contributed by atoms with van der Waals surface area (Å²) >= 11 is 0. The van der Waals surface area contributed by atoms with Gasteiger partial charge in [0.05, 0.1) is 0 Å². The number of nitrogens with zero attached hydrogens (tertiary/aromatic N) is 1. The zero-order valence-corrected chi connectivity index (χ0v) is 10.6. The molecule has 0 aliphatic rings. The summed E-state index contributed by atoms with van der Waals surface area (Å²) in [6.45, 7) is 6.94. The van der Waals surface area contributed by atoms with Crippen LogP contribution >= 0.6 is 0 Å². The summed E-state index contributed by atoms with van der Waals surface area (Å²) in [6, 6.07) is 0.345. The predicted molar refractivity (Wildman–Crippen MR) is 64.6 cm³/mol. The topological polar surface area (TPSA) is 46.3 Å². The number of amides is 1. The normalized spacial score (nSPS) is 14.7. The van der Waals surface area contributed by atoms with Crippen LogP contribution in [0.5, 0.6) is 0 Å². The molecule has 2 unspecified atom stereocenters. The molecule has 0 fully saturated rings. The molecule has 0 heterocycles. The van der Waals surface area contributed by atoms with Crippen molar-refractivity contribution >= 4 is 5.91 Å². The van der Waals surface area contributed by atoms with Crippen LogP contribution in [0.1, 0.15) is 46.5 Å². The molecule has 1 amide bonds. The molecule has 3 nitrogen and oxygen atoms in total. The first-order valence-electron chi connectivity index (χ1n) is 6.02. The van der Waals surface area contributed by atoms with Crippen molar-refractivity contribution < 1.29 is 4.79 Å². The van der Waals surface area contributed by atoms with Gasteiger partial charge in [-0.2, -0.15) is 0 Å². The summed E-state index contributed by atoms with van der Waals surface area (Å²) in [7, 11) is 1.89. The van der Waals surface area contributed by atoms with E-state index in [0.717, 1.165) is 19.3 Å². The molecule has 2 N–H and O–H groups in total. The number of carbonyl (C=O) groups excluding carboxylic acids is 1. The third-order valence-corrected chi connectivity index (χ3v) is 3.13. The van der Waals surface area contributed by atoms with Crippen molar-refractivity contribution in [1.82, 2.24) is 4.90 Å². The Hall–Kier alpha value is -0.570. The lowest BCUT2D eigenvalue weighted by atomic mass is 10.0. The first-order chi connectivity index (χ1) is 7.06. The molecular weight excluding hydrogens is 188 g/mol. The second kappa shape index (κ2) is 7.69. The standard InChI is InChI=1S/C12H26N2O/c1-5-7-10(3)14(4)12(15)8-11(6-2)9-13/h10-11H,5-9,13H2,1-4H3. The van der Waals surface area contributed by atoms with Gasteiger partial charge in [0.1, 0.15) is 0 Å². The van der Waals surface area contributed by atoms with Gasteiger partial charge in [-0.1, -0.05) is 26.7 Å². The third kappa shape index (κ3) is 5.17. The maximum absolute atomic E-state index is 11.9. The maximum Gasteiger partial charge on any atom is 0.222 e. The van der Waals surface area contributed by atoms with Gasteiger partial charge in [-0.3, -0.25) is 4.79 Å². The number of hydrogen-bond acceptors (Lipinski definition) is 2. The van der Waals surface area contributed by atoms with E-state index in [2.05, 4.69) is 20.8 Å². The molecule has 0 bridgehead atoms. The molecule has 0 aromatic carbocycles. The largest absolute Gasteiger partial charge is 0.343 e. The molecule has 3 heteroatoms. The summed E-state index contributed by atoms with van der Waals surface area (Å²) < 4.78 is 0. The maximum atomic E-state index is 11.9. The molecule has 0 rings (SSSR count). The fourth-order valence-corrected chi connectivity index (χ4v) is 1.64. The Bertz CT molecular complexity index is 178. The minimum atomic E-state index is 0.230. The summed E-state index contributed by atoms with van der Waals surface area (Å²) in [6.07, 6.45) is 3.77. The summed E-state index contributed by atoms with van der Waals surface area (Å²) in [5.41, 5.74) is 5.60. The van der Waals surface area contributed by atoms with Crippen molar-refractivity contribution in [1.29, 1.82) is 0 Å². The van der Waals surface area contributed by atoms with E-state index in [0.29, 0.717) is 24.9 Å². The molecule has 2 atom stereocenters. The smallest absolute Gasteiger partial charge is 0.222 e. The molecule has 0 radical (unpaired) electrons. The second-order valence-corrected chi connectivity index (χ2v) is 4.36. The van der Waals surface area contributed by atoms with Crippen LogP contribution in [0.25, 0.3) is 0 Å². The minimum absolute atomic E-state index is 0.230. The van der Waals surface area contributed by atoms with E-state index >= 15 is 0 Å². The lowest BCUT2D eigenvalue weighted by Gasteiger charge is -2.26. The van der Waals surface area contributed by atoms with Crippen molar-refractivity contribution in [3.05, 3.63) is 0 Å². The van der Waals surface area contributed by atoms with Crippen molar-refractivity contribution in [3.8, 4) is 0 Å². The van der Waals surface area contributed by atoms with Gasteiger partial charge in [-0.05, 0) is 25.8 Å². The Labute approximate surface area is 94.0 Å². The van der Waals surface area contributed by atoms with Gasteiger partial charge < -0.3 is 10.6 Å². The fraction of sp³-hybridized carbons (Fsp3) is 0.917. The Kier molecular flexibility index (Phi) is 7.39. The van der Waals surface area contributed by atoms with Crippen LogP contribution in [0, 0.1) is 5.92 Å². The summed E-state index contributed by atoms with van der Waals surface area (Å²) in [5, 5.41) is 0. The average molecular weight is 214 g/mol. The first-order valence-corrected chi connectivity index (χ1v) is 6.02. The quantitative estimate of drug-likeness (QED) is 0.704. The van der Waals surface area contributed by atoms with Crippen molar-refractivity contribution in [2.75, 3.05) is 13.6 Å². The van der Waals surface area contributed by atoms with E-state index in [1.54, 1.807) is 0 Å². The van der Waals surface area contributed by atoms with Crippen LogP contribution in [0.4, 0.5) is 0 Å². The highest BCUT2D eigenvalue weighted by molar-refractivity contribution is 5.76. The van der Waals surface area contributed by atoms with Gasteiger partial charge in [-0.25, -0.2) is 0 Å². The Balaban J connectivity index is 4.07. The van der Waals surface area contributed by atoms with E-state index in [4.69, 9.17) is 5.73 Å². The Morgan fingerprint density at radius 3 is 2.40 bits per heavy atom. The zero-order chi connectivity index (χ0) is 11.8. The van der Waals surface area contributed by atoms with Crippen LogP contribution < -0.4 is 5.73 Å². The van der Waals surface area contributed by atoms with Crippen LogP contribution in [-0.4, -0.2) is 30.4 Å².